The second kappa shape index (κ2) is 12.1. The van der Waals surface area contributed by atoms with Gasteiger partial charge in [0.15, 0.2) is 0 Å². The number of benzene rings is 3. The van der Waals surface area contributed by atoms with Gasteiger partial charge in [0.05, 0.1) is 0 Å². The zero-order valence-electron chi connectivity index (χ0n) is 23.3. The SMILES string of the molecule is CC(C)C1=Cc2c(sc3cccc(-c4ccccc4)c23)C1=Cc1cccc2sc3c(c12)C=C(C=[Si](C)C)[C]3=[Zr+2].[Cl-].[Cl-]. The number of rotatable bonds is 4. The van der Waals surface area contributed by atoms with E-state index in [4.69, 9.17) is 0 Å². The van der Waals surface area contributed by atoms with Crippen LogP contribution in [0.5, 0.6) is 0 Å². The van der Waals surface area contributed by atoms with Crippen LogP contribution in [0.25, 0.3) is 55.1 Å². The van der Waals surface area contributed by atoms with Crippen LogP contribution in [0.4, 0.5) is 0 Å². The molecular formula is C35H28Cl2S2SiZr. The van der Waals surface area contributed by atoms with E-state index in [9.17, 15) is 0 Å². The van der Waals surface area contributed by atoms with Gasteiger partial charge in [-0.25, -0.2) is 0 Å². The fraction of sp³-hybridized carbons (Fsp3) is 0.143. The average Bonchev–Trinajstić information content (AvgIpc) is 3.65. The van der Waals surface area contributed by atoms with Crippen molar-refractivity contribution in [1.29, 1.82) is 0 Å². The van der Waals surface area contributed by atoms with Crippen molar-refractivity contribution in [3.63, 3.8) is 0 Å². The van der Waals surface area contributed by atoms with Crippen LogP contribution >= 0.6 is 22.7 Å². The summed E-state index contributed by atoms with van der Waals surface area (Å²) in [6.45, 7) is 9.42. The summed E-state index contributed by atoms with van der Waals surface area (Å²) < 4.78 is 4.31. The molecule has 3 aromatic carbocycles. The number of hydrogen-bond acceptors (Lipinski definition) is 2. The van der Waals surface area contributed by atoms with Crippen LogP contribution < -0.4 is 24.8 Å². The van der Waals surface area contributed by atoms with Gasteiger partial charge >= 0.3 is 226 Å². The molecule has 7 rings (SSSR count). The maximum absolute atomic E-state index is 2.53. The van der Waals surface area contributed by atoms with Crippen molar-refractivity contribution >= 4 is 83.9 Å². The number of fused-ring (bicyclic) bond motifs is 6. The number of allylic oxidation sites excluding steroid dienone is 3. The second-order valence-electron chi connectivity index (χ2n) is 11.0. The van der Waals surface area contributed by atoms with E-state index in [1.165, 1.54) is 102 Å². The van der Waals surface area contributed by atoms with Crippen LogP contribution in [-0.4, -0.2) is 17.3 Å². The minimum Gasteiger partial charge on any atom is -1.00 e. The molecule has 0 bridgehead atoms. The monoisotopic (exact) mass is 700 g/mol. The molecule has 0 saturated carbocycles. The zero-order valence-corrected chi connectivity index (χ0v) is 29.9. The first kappa shape index (κ1) is 30.7. The minimum atomic E-state index is -0.425. The molecule has 0 spiro atoms. The van der Waals surface area contributed by atoms with Gasteiger partial charge in [0.2, 0.25) is 0 Å². The van der Waals surface area contributed by atoms with Gasteiger partial charge in [0.25, 0.3) is 0 Å². The standard InChI is InChI=1S/C35H28S2Si.2ClH.Zr/c1-21(2)26-19-29-34-25(23-10-6-5-7-11-23)13-9-15-31(34)37-35(29)27(26)18-24-12-8-14-30-33(24)28-16-22(20-38(3)4)17-32(28)36-30;;;/h5-16,18-21H,1-4H3;2*1H;/q;;;+2/p-2. The van der Waals surface area contributed by atoms with E-state index < -0.39 is 8.41 Å². The fourth-order valence-corrected chi connectivity index (χ4v) is 10.6. The molecule has 0 aliphatic heterocycles. The van der Waals surface area contributed by atoms with E-state index in [0.29, 0.717) is 5.92 Å². The zero-order chi connectivity index (χ0) is 26.8. The van der Waals surface area contributed by atoms with Gasteiger partial charge in [-0.3, -0.25) is 0 Å². The van der Waals surface area contributed by atoms with Crippen molar-refractivity contribution in [3.8, 4) is 11.1 Å². The van der Waals surface area contributed by atoms with Crippen LogP contribution in [0.15, 0.2) is 77.9 Å². The summed E-state index contributed by atoms with van der Waals surface area (Å²) in [7, 11) is -0.425. The molecule has 0 unspecified atom stereocenters. The van der Waals surface area contributed by atoms with Crippen LogP contribution in [0.3, 0.4) is 0 Å². The molecule has 2 aliphatic rings. The molecule has 2 aliphatic carbocycles. The summed E-state index contributed by atoms with van der Waals surface area (Å²) in [5.41, 5.74) is 13.7. The maximum Gasteiger partial charge on any atom is -1.00 e. The Bertz CT molecular complexity index is 1970. The Morgan fingerprint density at radius 3 is 2.12 bits per heavy atom. The van der Waals surface area contributed by atoms with Crippen molar-refractivity contribution in [3.05, 3.63) is 104 Å². The van der Waals surface area contributed by atoms with E-state index in [2.05, 4.69) is 118 Å². The van der Waals surface area contributed by atoms with Crippen molar-refractivity contribution in [2.75, 3.05) is 0 Å². The smallest absolute Gasteiger partial charge is 1.00 e. The Morgan fingerprint density at radius 2 is 1.41 bits per heavy atom. The van der Waals surface area contributed by atoms with Crippen molar-refractivity contribution in [2.45, 2.75) is 26.9 Å². The van der Waals surface area contributed by atoms with Gasteiger partial charge in [-0.05, 0) is 0 Å². The Labute approximate surface area is 278 Å². The average molecular weight is 703 g/mol. The molecule has 6 heteroatoms. The number of halogens is 2. The van der Waals surface area contributed by atoms with Gasteiger partial charge in [-0.2, -0.15) is 0 Å². The molecule has 0 saturated heterocycles. The Kier molecular flexibility index (Phi) is 9.03. The third-order valence-corrected chi connectivity index (χ3v) is 12.7. The van der Waals surface area contributed by atoms with E-state index >= 15 is 0 Å². The summed E-state index contributed by atoms with van der Waals surface area (Å²) >= 11 is 5.45. The summed E-state index contributed by atoms with van der Waals surface area (Å²) in [5, 5.41) is 2.82. The molecule has 0 fully saturated rings. The predicted molar refractivity (Wildman–Crippen MR) is 175 cm³/mol. The topological polar surface area (TPSA) is 0 Å². The second-order valence-corrected chi connectivity index (χ2v) is 16.7. The third kappa shape index (κ3) is 5.20. The normalized spacial score (nSPS) is 14.6. The molecule has 0 N–H and O–H groups in total. The molecular weight excluding hydrogens is 675 g/mol. The van der Waals surface area contributed by atoms with Gasteiger partial charge in [0.1, 0.15) is 0 Å². The van der Waals surface area contributed by atoms with Gasteiger partial charge in [-0.15, -0.1) is 0 Å². The van der Waals surface area contributed by atoms with Gasteiger partial charge < -0.3 is 24.8 Å². The molecule has 2 heterocycles. The number of hydrogen-bond donors (Lipinski definition) is 0. The van der Waals surface area contributed by atoms with Gasteiger partial charge in [-0.1, -0.05) is 30.3 Å². The molecule has 0 amide bonds. The predicted octanol–water partition coefficient (Wildman–Crippen LogP) is 3.99. The first-order chi connectivity index (χ1) is 18.9. The summed E-state index contributed by atoms with van der Waals surface area (Å²) in [5.74, 6) is 0.456. The van der Waals surface area contributed by atoms with E-state index in [0.717, 1.165) is 0 Å². The van der Waals surface area contributed by atoms with Crippen LogP contribution in [-0.2, 0) is 24.2 Å². The third-order valence-electron chi connectivity index (χ3n) is 7.66. The molecule has 5 aromatic rings. The van der Waals surface area contributed by atoms with Crippen molar-refractivity contribution in [2.24, 2.45) is 5.92 Å². The Balaban J connectivity index is 0.00000169. The quantitative estimate of drug-likeness (QED) is 0.249. The molecule has 0 nitrogen and oxygen atoms in total. The first-order valence-electron chi connectivity index (χ1n) is 13.5. The van der Waals surface area contributed by atoms with Crippen LogP contribution in [0, 0.1) is 5.92 Å². The largest absolute Gasteiger partial charge is 1.00 e. The van der Waals surface area contributed by atoms with Crippen LogP contribution in [0.1, 0.15) is 40.3 Å². The van der Waals surface area contributed by atoms with E-state index in [1.807, 2.05) is 22.7 Å². The molecule has 0 atom stereocenters. The summed E-state index contributed by atoms with van der Waals surface area (Å²) in [6.07, 6.45) is 7.45. The Hall–Kier alpha value is -1.78. The van der Waals surface area contributed by atoms with E-state index in [-0.39, 0.29) is 24.8 Å². The summed E-state index contributed by atoms with van der Waals surface area (Å²) in [4.78, 5) is 2.91. The minimum absolute atomic E-state index is 0. The first-order valence-corrected chi connectivity index (χ1v) is 18.9. The number of thiophene rings is 2. The molecule has 0 radical (unpaired) electrons. The molecule has 41 heavy (non-hydrogen) atoms. The van der Waals surface area contributed by atoms with Crippen LogP contribution in [0.2, 0.25) is 13.1 Å². The van der Waals surface area contributed by atoms with Crippen molar-refractivity contribution < 1.29 is 49.0 Å². The molecule has 202 valence electrons. The molecule has 2 aromatic heterocycles. The fourth-order valence-electron chi connectivity index (χ4n) is 5.94. The van der Waals surface area contributed by atoms with E-state index in [1.54, 1.807) is 0 Å². The summed E-state index contributed by atoms with van der Waals surface area (Å²) in [6, 6.07) is 24.5. The Morgan fingerprint density at radius 1 is 0.756 bits per heavy atom. The van der Waals surface area contributed by atoms with Crippen molar-refractivity contribution in [1.82, 2.24) is 0 Å². The van der Waals surface area contributed by atoms with Gasteiger partial charge in [0, 0.05) is 0 Å². The maximum atomic E-state index is 2.53.